The van der Waals surface area contributed by atoms with Gasteiger partial charge in [0, 0.05) is 0 Å². The summed E-state index contributed by atoms with van der Waals surface area (Å²) in [5.41, 5.74) is -0.609. The predicted molar refractivity (Wildman–Crippen MR) is 74.1 cm³/mol. The van der Waals surface area contributed by atoms with Gasteiger partial charge in [0.2, 0.25) is 0 Å². The lowest BCUT2D eigenvalue weighted by atomic mass is 9.90. The Morgan fingerprint density at radius 2 is 2.05 bits per heavy atom. The minimum Gasteiger partial charge on any atom is -0.478 e. The van der Waals surface area contributed by atoms with E-state index in [0.717, 1.165) is 6.07 Å². The summed E-state index contributed by atoms with van der Waals surface area (Å²) in [6.45, 7) is 3.51. The Kier molecular flexibility index (Phi) is 4.90. The van der Waals surface area contributed by atoms with Crippen LogP contribution in [0.2, 0.25) is 0 Å². The van der Waals surface area contributed by atoms with E-state index in [2.05, 4.69) is 6.07 Å². The summed E-state index contributed by atoms with van der Waals surface area (Å²) in [6.07, 6.45) is 0.835. The maximum atomic E-state index is 12.1. The van der Waals surface area contributed by atoms with Crippen LogP contribution in [-0.4, -0.2) is 25.2 Å². The van der Waals surface area contributed by atoms with Gasteiger partial charge in [-0.05, 0) is 44.9 Å². The number of benzene rings is 1. The molecule has 0 radical (unpaired) electrons. The summed E-state index contributed by atoms with van der Waals surface area (Å²) < 4.78 is 24.2. The fourth-order valence-corrected chi connectivity index (χ4v) is 3.05. The van der Waals surface area contributed by atoms with Gasteiger partial charge in [0.15, 0.2) is 9.84 Å². The fraction of sp³-hybridized carbons (Fsp3) is 0.429. The molecule has 20 heavy (non-hydrogen) atoms. The third-order valence-electron chi connectivity index (χ3n) is 2.96. The van der Waals surface area contributed by atoms with Gasteiger partial charge in [-0.25, -0.2) is 13.2 Å². The van der Waals surface area contributed by atoms with Crippen LogP contribution in [0.5, 0.6) is 0 Å². The number of sulfone groups is 1. The lowest BCUT2D eigenvalue weighted by molar-refractivity contribution is 0.0696. The molecule has 0 saturated carbocycles. The largest absolute Gasteiger partial charge is 0.478 e. The molecule has 0 unspecified atom stereocenters. The third kappa shape index (κ3) is 4.35. The van der Waals surface area contributed by atoms with Gasteiger partial charge in [-0.3, -0.25) is 0 Å². The maximum Gasteiger partial charge on any atom is 0.335 e. The highest BCUT2D eigenvalue weighted by atomic mass is 32.2. The van der Waals surface area contributed by atoms with Gasteiger partial charge >= 0.3 is 5.97 Å². The van der Waals surface area contributed by atoms with Crippen molar-refractivity contribution < 1.29 is 18.3 Å². The van der Waals surface area contributed by atoms with E-state index in [1.165, 1.54) is 18.2 Å². The zero-order valence-corrected chi connectivity index (χ0v) is 12.3. The van der Waals surface area contributed by atoms with Crippen molar-refractivity contribution in [2.45, 2.75) is 31.6 Å². The van der Waals surface area contributed by atoms with Crippen molar-refractivity contribution in [3.63, 3.8) is 0 Å². The van der Waals surface area contributed by atoms with E-state index in [1.54, 1.807) is 13.8 Å². The molecule has 6 heteroatoms. The number of nitrogens with zero attached hydrogens (tertiary/aromatic N) is 1. The van der Waals surface area contributed by atoms with E-state index in [-0.39, 0.29) is 16.2 Å². The summed E-state index contributed by atoms with van der Waals surface area (Å²) in [5, 5.41) is 17.7. The average molecular weight is 295 g/mol. The number of carbonyl (C=O) groups is 1. The zero-order chi connectivity index (χ0) is 15.4. The van der Waals surface area contributed by atoms with Gasteiger partial charge in [0.25, 0.3) is 0 Å². The molecule has 0 aliphatic rings. The summed E-state index contributed by atoms with van der Waals surface area (Å²) in [6, 6.07) is 7.42. The fourth-order valence-electron chi connectivity index (χ4n) is 1.70. The highest BCUT2D eigenvalue weighted by molar-refractivity contribution is 7.91. The van der Waals surface area contributed by atoms with Crippen molar-refractivity contribution in [1.82, 2.24) is 0 Å². The van der Waals surface area contributed by atoms with Crippen molar-refractivity contribution in [3.8, 4) is 6.07 Å². The van der Waals surface area contributed by atoms with E-state index < -0.39 is 21.2 Å². The monoisotopic (exact) mass is 295 g/mol. The van der Waals surface area contributed by atoms with Gasteiger partial charge in [-0.1, -0.05) is 6.07 Å². The van der Waals surface area contributed by atoms with Crippen molar-refractivity contribution in [3.05, 3.63) is 29.8 Å². The number of nitriles is 1. The lowest BCUT2D eigenvalue weighted by Gasteiger charge is -2.14. The van der Waals surface area contributed by atoms with Crippen LogP contribution in [0.3, 0.4) is 0 Å². The smallest absolute Gasteiger partial charge is 0.335 e. The molecular weight excluding hydrogens is 278 g/mol. The molecule has 0 aromatic heterocycles. The minimum absolute atomic E-state index is 0.00663. The first kappa shape index (κ1) is 16.2. The molecule has 0 heterocycles. The summed E-state index contributed by atoms with van der Waals surface area (Å²) in [4.78, 5) is 10.8. The Balaban J connectivity index is 2.82. The van der Waals surface area contributed by atoms with Gasteiger partial charge < -0.3 is 5.11 Å². The lowest BCUT2D eigenvalue weighted by Crippen LogP contribution is -2.13. The minimum atomic E-state index is -3.52. The second kappa shape index (κ2) is 6.06. The number of carboxylic acid groups (broad SMARTS) is 1. The van der Waals surface area contributed by atoms with E-state index in [1.807, 2.05) is 0 Å². The zero-order valence-electron chi connectivity index (χ0n) is 11.5. The predicted octanol–water partition coefficient (Wildman–Crippen LogP) is 2.49. The van der Waals surface area contributed by atoms with Crippen LogP contribution in [0, 0.1) is 16.7 Å². The van der Waals surface area contributed by atoms with E-state index >= 15 is 0 Å². The van der Waals surface area contributed by atoms with Crippen LogP contribution in [0.15, 0.2) is 29.2 Å². The summed E-state index contributed by atoms with van der Waals surface area (Å²) in [7, 11) is -3.52. The van der Waals surface area contributed by atoms with Crippen LogP contribution in [0.4, 0.5) is 0 Å². The van der Waals surface area contributed by atoms with E-state index in [0.29, 0.717) is 12.8 Å². The van der Waals surface area contributed by atoms with Gasteiger partial charge in [-0.15, -0.1) is 0 Å². The molecule has 0 aliphatic heterocycles. The standard InChI is InChI=1S/C14H17NO4S/c1-14(2,10-15)7-4-8-20(18,19)12-6-3-5-11(9-12)13(16)17/h3,5-6,9H,4,7-8H2,1-2H3,(H,16,17). The number of rotatable bonds is 6. The van der Waals surface area contributed by atoms with E-state index in [4.69, 9.17) is 10.4 Å². The molecule has 0 aliphatic carbocycles. The number of hydrogen-bond donors (Lipinski definition) is 1. The highest BCUT2D eigenvalue weighted by Gasteiger charge is 2.20. The Hall–Kier alpha value is -1.87. The maximum absolute atomic E-state index is 12.1. The Labute approximate surface area is 118 Å². The van der Waals surface area contributed by atoms with E-state index in [9.17, 15) is 13.2 Å². The number of hydrogen-bond acceptors (Lipinski definition) is 4. The van der Waals surface area contributed by atoms with Gasteiger partial charge in [0.05, 0.1) is 27.7 Å². The van der Waals surface area contributed by atoms with Gasteiger partial charge in [-0.2, -0.15) is 5.26 Å². The van der Waals surface area contributed by atoms with Gasteiger partial charge in [0.1, 0.15) is 0 Å². The van der Waals surface area contributed by atoms with Crippen LogP contribution in [-0.2, 0) is 9.84 Å². The second-order valence-corrected chi connectivity index (χ2v) is 7.36. The molecule has 1 aromatic carbocycles. The number of aromatic carboxylic acids is 1. The first-order valence-corrected chi connectivity index (χ1v) is 7.80. The Morgan fingerprint density at radius 3 is 2.60 bits per heavy atom. The molecule has 0 saturated heterocycles. The molecule has 1 rings (SSSR count). The third-order valence-corrected chi connectivity index (χ3v) is 4.76. The van der Waals surface area contributed by atoms with Crippen molar-refractivity contribution in [2.75, 3.05) is 5.75 Å². The molecule has 0 amide bonds. The molecule has 0 spiro atoms. The first-order chi connectivity index (χ1) is 9.18. The van der Waals surface area contributed by atoms with Crippen molar-refractivity contribution in [1.29, 1.82) is 5.26 Å². The average Bonchev–Trinajstić information content (AvgIpc) is 2.38. The molecule has 0 atom stereocenters. The molecule has 0 fully saturated rings. The molecule has 1 N–H and O–H groups in total. The molecule has 108 valence electrons. The Bertz CT molecular complexity index is 641. The second-order valence-electron chi connectivity index (χ2n) is 5.25. The molecule has 1 aromatic rings. The molecular formula is C14H17NO4S. The molecule has 5 nitrogen and oxygen atoms in total. The van der Waals surface area contributed by atoms with Crippen LogP contribution in [0.25, 0.3) is 0 Å². The normalized spacial score (nSPS) is 11.8. The summed E-state index contributed by atoms with van der Waals surface area (Å²) in [5.74, 6) is -1.26. The van der Waals surface area contributed by atoms with Crippen molar-refractivity contribution >= 4 is 15.8 Å². The SMILES string of the molecule is CC(C)(C#N)CCCS(=O)(=O)c1cccc(C(=O)O)c1. The number of carboxylic acids is 1. The summed E-state index contributed by atoms with van der Waals surface area (Å²) >= 11 is 0. The molecule has 0 bridgehead atoms. The van der Waals surface area contributed by atoms with Crippen LogP contribution < -0.4 is 0 Å². The first-order valence-electron chi connectivity index (χ1n) is 6.15. The van der Waals surface area contributed by atoms with Crippen molar-refractivity contribution in [2.24, 2.45) is 5.41 Å². The Morgan fingerprint density at radius 1 is 1.40 bits per heavy atom. The topological polar surface area (TPSA) is 95.2 Å². The van der Waals surface area contributed by atoms with Crippen LogP contribution >= 0.6 is 0 Å². The highest BCUT2D eigenvalue weighted by Crippen LogP contribution is 2.22. The van der Waals surface area contributed by atoms with Crippen LogP contribution in [0.1, 0.15) is 37.0 Å². The quantitative estimate of drug-likeness (QED) is 0.869.